The topological polar surface area (TPSA) is 45.2 Å². The zero-order chi connectivity index (χ0) is 16.5. The third-order valence-corrected chi connectivity index (χ3v) is 3.75. The largest absolute Gasteiger partial charge is 0.353 e. The minimum atomic E-state index is -0.0298. The zero-order valence-corrected chi connectivity index (χ0v) is 14.0. The van der Waals surface area contributed by atoms with Gasteiger partial charge in [-0.2, -0.15) is 0 Å². The number of nitrogens with zero attached hydrogens (tertiary/aromatic N) is 2. The lowest BCUT2D eigenvalue weighted by Gasteiger charge is -2.22. The van der Waals surface area contributed by atoms with Crippen LogP contribution in [0.4, 0.5) is 5.82 Å². The van der Waals surface area contributed by atoms with Gasteiger partial charge in [0.15, 0.2) is 0 Å². The molecule has 0 saturated heterocycles. The average Bonchev–Trinajstić information content (AvgIpc) is 2.61. The van der Waals surface area contributed by atoms with Crippen LogP contribution in [0.25, 0.3) is 0 Å². The fourth-order valence-electron chi connectivity index (χ4n) is 2.37. The Morgan fingerprint density at radius 2 is 1.96 bits per heavy atom. The van der Waals surface area contributed by atoms with E-state index in [9.17, 15) is 4.79 Å². The van der Waals surface area contributed by atoms with Crippen molar-refractivity contribution in [3.8, 4) is 0 Å². The Kier molecular flexibility index (Phi) is 6.60. The maximum atomic E-state index is 12.2. The van der Waals surface area contributed by atoms with Gasteiger partial charge in [0.25, 0.3) is 5.91 Å². The summed E-state index contributed by atoms with van der Waals surface area (Å²) in [7, 11) is 0. The number of carbonyl (C=O) groups is 1. The van der Waals surface area contributed by atoms with Crippen LogP contribution in [0.5, 0.6) is 0 Å². The highest BCUT2D eigenvalue weighted by Crippen LogP contribution is 2.16. The normalized spacial score (nSPS) is 10.3. The molecule has 4 heteroatoms. The number of hydrogen-bond acceptors (Lipinski definition) is 3. The lowest BCUT2D eigenvalue weighted by atomic mass is 10.2. The van der Waals surface area contributed by atoms with Gasteiger partial charge in [-0.1, -0.05) is 43.7 Å². The van der Waals surface area contributed by atoms with Crippen molar-refractivity contribution >= 4 is 11.7 Å². The molecule has 0 atom stereocenters. The molecule has 0 aliphatic carbocycles. The minimum absolute atomic E-state index is 0.0298. The van der Waals surface area contributed by atoms with E-state index in [1.54, 1.807) is 12.3 Å². The second kappa shape index (κ2) is 8.93. The molecule has 1 N–H and O–H groups in total. The van der Waals surface area contributed by atoms with E-state index in [1.165, 1.54) is 5.56 Å². The van der Waals surface area contributed by atoms with E-state index in [0.29, 0.717) is 12.1 Å². The summed E-state index contributed by atoms with van der Waals surface area (Å²) in [5.74, 6) is 0.803. The van der Waals surface area contributed by atoms with Gasteiger partial charge >= 0.3 is 0 Å². The van der Waals surface area contributed by atoms with Gasteiger partial charge in [-0.15, -0.1) is 0 Å². The molecule has 1 heterocycles. The van der Waals surface area contributed by atoms with Gasteiger partial charge in [-0.3, -0.25) is 4.79 Å². The molecular formula is C19H25N3O. The van der Waals surface area contributed by atoms with Crippen molar-refractivity contribution < 1.29 is 4.79 Å². The first-order valence-electron chi connectivity index (χ1n) is 8.27. The van der Waals surface area contributed by atoms with Crippen LogP contribution < -0.4 is 10.2 Å². The number of rotatable bonds is 8. The number of hydrogen-bond donors (Lipinski definition) is 1. The van der Waals surface area contributed by atoms with Gasteiger partial charge < -0.3 is 10.2 Å². The zero-order valence-electron chi connectivity index (χ0n) is 14.0. The molecule has 1 amide bonds. The van der Waals surface area contributed by atoms with Crippen LogP contribution in [0.15, 0.2) is 48.7 Å². The van der Waals surface area contributed by atoms with Crippen LogP contribution in [0.1, 0.15) is 42.6 Å². The highest BCUT2D eigenvalue weighted by Gasteiger charge is 2.11. The fourth-order valence-corrected chi connectivity index (χ4v) is 2.37. The van der Waals surface area contributed by atoms with Gasteiger partial charge in [-0.05, 0) is 31.0 Å². The smallest absolute Gasteiger partial charge is 0.251 e. The molecule has 0 aliphatic rings. The molecule has 122 valence electrons. The van der Waals surface area contributed by atoms with Crippen molar-refractivity contribution in [1.82, 2.24) is 10.3 Å². The van der Waals surface area contributed by atoms with E-state index in [2.05, 4.69) is 41.2 Å². The van der Waals surface area contributed by atoms with Crippen molar-refractivity contribution in [1.29, 1.82) is 0 Å². The summed E-state index contributed by atoms with van der Waals surface area (Å²) in [6.45, 7) is 6.54. The van der Waals surface area contributed by atoms with Gasteiger partial charge in [0.2, 0.25) is 0 Å². The van der Waals surface area contributed by atoms with E-state index in [4.69, 9.17) is 0 Å². The van der Waals surface area contributed by atoms with Crippen LogP contribution in [0.2, 0.25) is 0 Å². The molecule has 0 radical (unpaired) electrons. The van der Waals surface area contributed by atoms with Crippen LogP contribution in [-0.4, -0.2) is 24.0 Å². The Morgan fingerprint density at radius 3 is 2.65 bits per heavy atom. The second-order valence-corrected chi connectivity index (χ2v) is 5.51. The molecule has 0 saturated carbocycles. The summed E-state index contributed by atoms with van der Waals surface area (Å²) < 4.78 is 0. The Bertz CT molecular complexity index is 613. The molecule has 0 spiro atoms. The minimum Gasteiger partial charge on any atom is -0.353 e. The number of anilines is 1. The monoisotopic (exact) mass is 311 g/mol. The third-order valence-electron chi connectivity index (χ3n) is 3.75. The van der Waals surface area contributed by atoms with E-state index in [0.717, 1.165) is 31.7 Å². The number of carbonyl (C=O) groups excluding carboxylic acids is 1. The summed E-state index contributed by atoms with van der Waals surface area (Å²) in [5, 5.41) is 2.95. The van der Waals surface area contributed by atoms with Crippen LogP contribution >= 0.6 is 0 Å². The van der Waals surface area contributed by atoms with Gasteiger partial charge in [0.1, 0.15) is 5.82 Å². The van der Waals surface area contributed by atoms with Crippen LogP contribution in [0, 0.1) is 0 Å². The lowest BCUT2D eigenvalue weighted by molar-refractivity contribution is 0.0953. The van der Waals surface area contributed by atoms with E-state index < -0.39 is 0 Å². The fraction of sp³-hybridized carbons (Fsp3) is 0.368. The Labute approximate surface area is 138 Å². The molecule has 23 heavy (non-hydrogen) atoms. The van der Waals surface area contributed by atoms with Crippen LogP contribution in [-0.2, 0) is 6.54 Å². The Balaban J connectivity index is 2.08. The van der Waals surface area contributed by atoms with Crippen molar-refractivity contribution in [3.63, 3.8) is 0 Å². The van der Waals surface area contributed by atoms with Crippen LogP contribution in [0.3, 0.4) is 0 Å². The lowest BCUT2D eigenvalue weighted by Crippen LogP contribution is -2.26. The standard InChI is InChI=1S/C19H25N3O/c1-3-5-12-21-19(23)17-11-13-20-18(14-17)22(4-2)15-16-9-7-6-8-10-16/h6-11,13-14H,3-5,12,15H2,1-2H3,(H,21,23). The predicted molar refractivity (Wildman–Crippen MR) is 94.6 cm³/mol. The first-order chi connectivity index (χ1) is 11.2. The molecule has 0 aliphatic heterocycles. The maximum Gasteiger partial charge on any atom is 0.251 e. The van der Waals surface area contributed by atoms with Crippen molar-refractivity contribution in [2.75, 3.05) is 18.0 Å². The number of nitrogens with one attached hydrogen (secondary N) is 1. The summed E-state index contributed by atoms with van der Waals surface area (Å²) in [6.07, 6.45) is 3.78. The predicted octanol–water partition coefficient (Wildman–Crippen LogP) is 3.64. The molecule has 2 rings (SSSR count). The molecule has 2 aromatic rings. The molecular weight excluding hydrogens is 286 g/mol. The number of aromatic nitrogens is 1. The van der Waals surface area contributed by atoms with E-state index in [1.807, 2.05) is 24.3 Å². The first kappa shape index (κ1) is 17.0. The Hall–Kier alpha value is -2.36. The second-order valence-electron chi connectivity index (χ2n) is 5.51. The first-order valence-corrected chi connectivity index (χ1v) is 8.27. The highest BCUT2D eigenvalue weighted by molar-refractivity contribution is 5.94. The summed E-state index contributed by atoms with van der Waals surface area (Å²) in [4.78, 5) is 18.8. The van der Waals surface area contributed by atoms with Gasteiger partial charge in [0, 0.05) is 31.4 Å². The number of pyridine rings is 1. The third kappa shape index (κ3) is 5.09. The summed E-state index contributed by atoms with van der Waals surface area (Å²) in [6, 6.07) is 13.9. The highest BCUT2D eigenvalue weighted by atomic mass is 16.1. The van der Waals surface area contributed by atoms with E-state index in [-0.39, 0.29) is 5.91 Å². The SMILES string of the molecule is CCCCNC(=O)c1ccnc(N(CC)Cc2ccccc2)c1. The molecule has 0 bridgehead atoms. The van der Waals surface area contributed by atoms with Gasteiger partial charge in [-0.25, -0.2) is 4.98 Å². The van der Waals surface area contributed by atoms with Crippen molar-refractivity contribution in [3.05, 3.63) is 59.8 Å². The van der Waals surface area contributed by atoms with Crippen molar-refractivity contribution in [2.24, 2.45) is 0 Å². The number of unbranched alkanes of at least 4 members (excludes halogenated alkanes) is 1. The summed E-state index contributed by atoms with van der Waals surface area (Å²) in [5.41, 5.74) is 1.89. The maximum absolute atomic E-state index is 12.2. The molecule has 0 unspecified atom stereocenters. The average molecular weight is 311 g/mol. The number of benzene rings is 1. The molecule has 0 fully saturated rings. The van der Waals surface area contributed by atoms with E-state index >= 15 is 0 Å². The summed E-state index contributed by atoms with van der Waals surface area (Å²) >= 11 is 0. The molecule has 1 aromatic heterocycles. The molecule has 1 aromatic carbocycles. The van der Waals surface area contributed by atoms with Gasteiger partial charge in [0.05, 0.1) is 0 Å². The Morgan fingerprint density at radius 1 is 1.17 bits per heavy atom. The number of amides is 1. The molecule has 4 nitrogen and oxygen atoms in total. The van der Waals surface area contributed by atoms with Crippen molar-refractivity contribution in [2.45, 2.75) is 33.2 Å². The quantitative estimate of drug-likeness (QED) is 0.757.